The van der Waals surface area contributed by atoms with E-state index in [9.17, 15) is 5.11 Å². The van der Waals surface area contributed by atoms with Gasteiger partial charge in [-0.1, -0.05) is 11.3 Å². The molecule has 1 aliphatic carbocycles. The third-order valence-corrected chi connectivity index (χ3v) is 5.03. The van der Waals surface area contributed by atoms with E-state index in [4.69, 9.17) is 14.5 Å². The number of hydrogen-bond acceptors (Lipinski definition) is 6. The van der Waals surface area contributed by atoms with Crippen molar-refractivity contribution in [3.8, 4) is 0 Å². The molecule has 1 aromatic heterocycles. The highest BCUT2D eigenvalue weighted by Crippen LogP contribution is 2.44. The van der Waals surface area contributed by atoms with Crippen molar-refractivity contribution in [3.63, 3.8) is 0 Å². The molecule has 106 valence electrons. The summed E-state index contributed by atoms with van der Waals surface area (Å²) in [5.74, 6) is 0.575. The Bertz CT molecular complexity index is 435. The zero-order valence-electron chi connectivity index (χ0n) is 11.3. The van der Waals surface area contributed by atoms with Gasteiger partial charge in [-0.25, -0.2) is 4.98 Å². The van der Waals surface area contributed by atoms with Gasteiger partial charge >= 0.3 is 0 Å². The lowest BCUT2D eigenvalue weighted by atomic mass is 10.2. The van der Waals surface area contributed by atoms with E-state index in [0.29, 0.717) is 5.92 Å². The van der Waals surface area contributed by atoms with Gasteiger partial charge in [0.2, 0.25) is 0 Å². The van der Waals surface area contributed by atoms with Crippen molar-refractivity contribution in [2.24, 2.45) is 0 Å². The quantitative estimate of drug-likeness (QED) is 0.885. The molecule has 1 N–H and O–H groups in total. The van der Waals surface area contributed by atoms with E-state index < -0.39 is 0 Å². The average molecular weight is 284 g/mol. The second-order valence-corrected chi connectivity index (χ2v) is 6.25. The average Bonchev–Trinajstić information content (AvgIpc) is 3.05. The normalized spacial score (nSPS) is 27.2. The second-order valence-electron chi connectivity index (χ2n) is 5.19. The molecule has 1 aliphatic heterocycles. The van der Waals surface area contributed by atoms with Crippen molar-refractivity contribution in [1.29, 1.82) is 0 Å². The Morgan fingerprint density at radius 1 is 1.26 bits per heavy atom. The molecule has 0 amide bonds. The Hall–Kier alpha value is -0.690. The summed E-state index contributed by atoms with van der Waals surface area (Å²) in [7, 11) is 3.44. The van der Waals surface area contributed by atoms with Crippen molar-refractivity contribution in [3.05, 3.63) is 10.6 Å². The first-order chi connectivity index (χ1) is 9.26. The second kappa shape index (κ2) is 5.36. The SMILES string of the molecule is COC1CN(c2nc(C3CC3)c(CO)s2)CC1OC. The molecule has 2 atom stereocenters. The molecule has 1 saturated carbocycles. The topological polar surface area (TPSA) is 54.8 Å². The Morgan fingerprint density at radius 3 is 2.37 bits per heavy atom. The van der Waals surface area contributed by atoms with Crippen LogP contribution in [-0.2, 0) is 16.1 Å². The summed E-state index contributed by atoms with van der Waals surface area (Å²) in [4.78, 5) is 7.96. The first-order valence-electron chi connectivity index (χ1n) is 6.67. The molecule has 2 aliphatic rings. The molecular weight excluding hydrogens is 264 g/mol. The highest BCUT2D eigenvalue weighted by Gasteiger charge is 2.36. The van der Waals surface area contributed by atoms with Crippen LogP contribution in [0.25, 0.3) is 0 Å². The van der Waals surface area contributed by atoms with Gasteiger partial charge in [-0.2, -0.15) is 0 Å². The van der Waals surface area contributed by atoms with Crippen LogP contribution in [0.5, 0.6) is 0 Å². The number of thiazole rings is 1. The molecular formula is C13H20N2O3S. The van der Waals surface area contributed by atoms with Gasteiger partial charge in [0.05, 0.1) is 17.2 Å². The minimum Gasteiger partial charge on any atom is -0.391 e. The molecule has 2 unspecified atom stereocenters. The summed E-state index contributed by atoms with van der Waals surface area (Å²) in [6, 6.07) is 0. The highest BCUT2D eigenvalue weighted by molar-refractivity contribution is 7.15. The van der Waals surface area contributed by atoms with Gasteiger partial charge in [0, 0.05) is 33.2 Å². The van der Waals surface area contributed by atoms with E-state index in [1.54, 1.807) is 25.6 Å². The molecule has 0 aromatic carbocycles. The van der Waals surface area contributed by atoms with Crippen LogP contribution in [0.2, 0.25) is 0 Å². The van der Waals surface area contributed by atoms with Crippen LogP contribution in [0.1, 0.15) is 29.3 Å². The fourth-order valence-corrected chi connectivity index (χ4v) is 3.65. The van der Waals surface area contributed by atoms with Crippen LogP contribution in [0.3, 0.4) is 0 Å². The number of methoxy groups -OCH3 is 2. The largest absolute Gasteiger partial charge is 0.391 e. The van der Waals surface area contributed by atoms with Gasteiger partial charge in [-0.15, -0.1) is 0 Å². The molecule has 0 radical (unpaired) electrons. The Balaban J connectivity index is 1.79. The van der Waals surface area contributed by atoms with E-state index in [-0.39, 0.29) is 18.8 Å². The van der Waals surface area contributed by atoms with Crippen molar-refractivity contribution in [1.82, 2.24) is 4.98 Å². The van der Waals surface area contributed by atoms with Crippen molar-refractivity contribution in [2.75, 3.05) is 32.2 Å². The van der Waals surface area contributed by atoms with Crippen LogP contribution in [0.4, 0.5) is 5.13 Å². The number of aliphatic hydroxyl groups excluding tert-OH is 1. The summed E-state index contributed by atoms with van der Waals surface area (Å²) >= 11 is 1.60. The van der Waals surface area contributed by atoms with Gasteiger partial charge in [0.25, 0.3) is 0 Å². The third-order valence-electron chi connectivity index (χ3n) is 3.92. The molecule has 5 nitrogen and oxygen atoms in total. The van der Waals surface area contributed by atoms with E-state index in [1.807, 2.05) is 0 Å². The first-order valence-corrected chi connectivity index (χ1v) is 7.49. The molecule has 0 spiro atoms. The number of nitrogens with zero attached hydrogens (tertiary/aromatic N) is 2. The molecule has 0 bridgehead atoms. The smallest absolute Gasteiger partial charge is 0.186 e. The van der Waals surface area contributed by atoms with Gasteiger partial charge < -0.3 is 19.5 Å². The van der Waals surface area contributed by atoms with Gasteiger partial charge in [-0.05, 0) is 12.8 Å². The maximum Gasteiger partial charge on any atom is 0.186 e. The van der Waals surface area contributed by atoms with E-state index in [2.05, 4.69) is 4.90 Å². The standard InChI is InChI=1S/C13H20N2O3S/c1-17-9-5-15(6-10(9)18-2)13-14-12(8-3-4-8)11(7-16)19-13/h8-10,16H,3-7H2,1-2H3. The van der Waals surface area contributed by atoms with Gasteiger partial charge in [0.15, 0.2) is 5.13 Å². The molecule has 19 heavy (non-hydrogen) atoms. The maximum atomic E-state index is 9.45. The molecule has 1 aromatic rings. The molecule has 6 heteroatoms. The zero-order chi connectivity index (χ0) is 13.4. The fourth-order valence-electron chi connectivity index (χ4n) is 2.63. The van der Waals surface area contributed by atoms with E-state index in [0.717, 1.165) is 28.8 Å². The summed E-state index contributed by atoms with van der Waals surface area (Å²) in [6.45, 7) is 1.70. The number of aliphatic hydroxyl groups is 1. The summed E-state index contributed by atoms with van der Waals surface area (Å²) in [5.41, 5.74) is 1.11. The lowest BCUT2D eigenvalue weighted by Crippen LogP contribution is -2.27. The van der Waals surface area contributed by atoms with Crippen LogP contribution in [-0.4, -0.2) is 49.6 Å². The highest BCUT2D eigenvalue weighted by atomic mass is 32.1. The lowest BCUT2D eigenvalue weighted by Gasteiger charge is -2.13. The monoisotopic (exact) mass is 284 g/mol. The van der Waals surface area contributed by atoms with Crippen LogP contribution in [0.15, 0.2) is 0 Å². The Kier molecular flexibility index (Phi) is 3.75. The van der Waals surface area contributed by atoms with Crippen LogP contribution >= 0.6 is 11.3 Å². The van der Waals surface area contributed by atoms with E-state index in [1.165, 1.54) is 12.8 Å². The number of rotatable bonds is 5. The minimum atomic E-state index is 0.0934. The minimum absolute atomic E-state index is 0.0934. The lowest BCUT2D eigenvalue weighted by molar-refractivity contribution is -0.00461. The van der Waals surface area contributed by atoms with Crippen LogP contribution < -0.4 is 4.90 Å². The molecule has 2 heterocycles. The Labute approximate surface area is 117 Å². The maximum absolute atomic E-state index is 9.45. The number of aromatic nitrogens is 1. The Morgan fingerprint density at radius 2 is 1.89 bits per heavy atom. The molecule has 3 rings (SSSR count). The van der Waals surface area contributed by atoms with Crippen molar-refractivity contribution in [2.45, 2.75) is 37.6 Å². The predicted molar refractivity (Wildman–Crippen MR) is 73.8 cm³/mol. The summed E-state index contributed by atoms with van der Waals surface area (Å²) in [5, 5.41) is 10.4. The van der Waals surface area contributed by atoms with Gasteiger partial charge in [-0.3, -0.25) is 0 Å². The molecule has 2 fully saturated rings. The molecule has 1 saturated heterocycles. The first kappa shape index (κ1) is 13.3. The number of hydrogen-bond donors (Lipinski definition) is 1. The number of anilines is 1. The van der Waals surface area contributed by atoms with Crippen molar-refractivity contribution < 1.29 is 14.6 Å². The summed E-state index contributed by atoms with van der Waals surface area (Å²) in [6.07, 6.45) is 2.60. The number of ether oxygens (including phenoxy) is 2. The van der Waals surface area contributed by atoms with E-state index >= 15 is 0 Å². The zero-order valence-corrected chi connectivity index (χ0v) is 12.2. The van der Waals surface area contributed by atoms with Crippen LogP contribution in [0, 0.1) is 0 Å². The van der Waals surface area contributed by atoms with Gasteiger partial charge in [0.1, 0.15) is 12.2 Å². The summed E-state index contributed by atoms with van der Waals surface area (Å²) < 4.78 is 10.9. The predicted octanol–water partition coefficient (Wildman–Crippen LogP) is 1.36. The fraction of sp³-hybridized carbons (Fsp3) is 0.769. The van der Waals surface area contributed by atoms with Crippen molar-refractivity contribution >= 4 is 16.5 Å². The third kappa shape index (κ3) is 2.50.